The van der Waals surface area contributed by atoms with Gasteiger partial charge in [0.1, 0.15) is 0 Å². The Labute approximate surface area is 216 Å². The van der Waals surface area contributed by atoms with Gasteiger partial charge in [0.25, 0.3) is 0 Å². The molecule has 0 aliphatic heterocycles. The molecule has 0 spiro atoms. The number of aliphatic hydroxyl groups is 1. The first kappa shape index (κ1) is 25.6. The van der Waals surface area contributed by atoms with Crippen molar-refractivity contribution in [2.45, 2.75) is 111 Å². The zero-order valence-electron chi connectivity index (χ0n) is 23.3. The van der Waals surface area contributed by atoms with E-state index in [1.807, 2.05) is 0 Å². The normalized spacial score (nSPS) is 43.0. The minimum Gasteiger partial charge on any atom is -0.389 e. The Bertz CT molecular complexity index is 885. The van der Waals surface area contributed by atoms with Crippen LogP contribution in [0, 0.1) is 52.3 Å². The monoisotopic (exact) mass is 476 g/mol. The summed E-state index contributed by atoms with van der Waals surface area (Å²) < 4.78 is 0. The van der Waals surface area contributed by atoms with Crippen LogP contribution >= 0.6 is 0 Å². The summed E-state index contributed by atoms with van der Waals surface area (Å²) in [5, 5.41) is 11.1. The molecule has 0 saturated heterocycles. The van der Waals surface area contributed by atoms with E-state index in [1.165, 1.54) is 68.9 Å². The number of hydrogen-bond donors (Lipinski definition) is 1. The summed E-state index contributed by atoms with van der Waals surface area (Å²) in [4.78, 5) is 0. The average Bonchev–Trinajstić information content (AvgIpc) is 3.18. The lowest BCUT2D eigenvalue weighted by molar-refractivity contribution is -0.117. The van der Waals surface area contributed by atoms with Gasteiger partial charge < -0.3 is 5.11 Å². The van der Waals surface area contributed by atoms with Crippen LogP contribution in [0.15, 0.2) is 35.9 Å². The summed E-state index contributed by atoms with van der Waals surface area (Å²) in [6.07, 6.45) is 17.0. The van der Waals surface area contributed by atoms with Crippen molar-refractivity contribution in [3.05, 3.63) is 41.5 Å². The zero-order valence-corrected chi connectivity index (χ0v) is 23.3. The van der Waals surface area contributed by atoms with Gasteiger partial charge in [0, 0.05) is 0 Å². The fraction of sp³-hybridized carbons (Fsp3) is 0.765. The van der Waals surface area contributed by atoms with Crippen molar-refractivity contribution in [1.82, 2.24) is 0 Å². The van der Waals surface area contributed by atoms with Crippen molar-refractivity contribution in [1.29, 1.82) is 0 Å². The first-order valence-corrected chi connectivity index (χ1v) is 15.2. The van der Waals surface area contributed by atoms with Gasteiger partial charge in [-0.25, -0.2) is 0 Å². The molecular weight excluding hydrogens is 424 g/mol. The number of hydrogen-bond acceptors (Lipinski definition) is 1. The molecule has 5 rings (SSSR count). The number of aliphatic hydroxyl groups excluding tert-OH is 1. The molecular formula is C34H52O. The number of rotatable bonds is 6. The van der Waals surface area contributed by atoms with Crippen molar-refractivity contribution < 1.29 is 5.11 Å². The summed E-state index contributed by atoms with van der Waals surface area (Å²) in [6, 6.07) is 10.7. The van der Waals surface area contributed by atoms with Crippen molar-refractivity contribution in [2.24, 2.45) is 52.3 Å². The summed E-state index contributed by atoms with van der Waals surface area (Å²) in [7, 11) is 0. The molecule has 1 aromatic carbocycles. The third-order valence-electron chi connectivity index (χ3n) is 11.9. The van der Waals surface area contributed by atoms with Crippen LogP contribution in [-0.4, -0.2) is 11.2 Å². The second-order valence-electron chi connectivity index (χ2n) is 14.2. The third kappa shape index (κ3) is 4.69. The quantitative estimate of drug-likeness (QED) is 0.434. The minimum atomic E-state index is -0.249. The first-order chi connectivity index (χ1) is 16.7. The molecule has 1 nitrogen and oxygen atoms in total. The Morgan fingerprint density at radius 1 is 0.914 bits per heavy atom. The lowest BCUT2D eigenvalue weighted by atomic mass is 9.44. The molecule has 0 aromatic heterocycles. The summed E-state index contributed by atoms with van der Waals surface area (Å²) in [6.45, 7) is 12.7. The van der Waals surface area contributed by atoms with Gasteiger partial charge in [-0.05, 0) is 115 Å². The molecule has 1 aromatic rings. The van der Waals surface area contributed by atoms with Crippen molar-refractivity contribution in [3.8, 4) is 0 Å². The maximum atomic E-state index is 11.1. The van der Waals surface area contributed by atoms with E-state index in [2.05, 4.69) is 71.0 Å². The average molecular weight is 477 g/mol. The Morgan fingerprint density at radius 3 is 2.40 bits per heavy atom. The van der Waals surface area contributed by atoms with Crippen LogP contribution in [0.2, 0.25) is 0 Å². The van der Waals surface area contributed by atoms with Gasteiger partial charge in [-0.2, -0.15) is 0 Å². The lowest BCUT2D eigenvalue weighted by Gasteiger charge is -2.61. The largest absolute Gasteiger partial charge is 0.389 e. The standard InChI is InChI=1S/C34H52O/c1-23(2)10-9-11-24(3)29-16-17-30-28-15-14-27-21-32(35)26(20-25-12-7-6-8-13-25)22-34(27,5)31(28)18-19-33(29,30)4/h6-8,12-13,20,23-24,27-32,35H,9-11,14-19,21-22H2,1-5H3/b26-20-/t24-,27+,28+,29-,30+,31+,32+,33-,34+/m1/s1. The maximum absolute atomic E-state index is 11.1. The van der Waals surface area contributed by atoms with Gasteiger partial charge in [-0.15, -0.1) is 0 Å². The topological polar surface area (TPSA) is 20.2 Å². The number of benzene rings is 1. The minimum absolute atomic E-state index is 0.249. The third-order valence-corrected chi connectivity index (χ3v) is 11.9. The number of fused-ring (bicyclic) bond motifs is 5. The van der Waals surface area contributed by atoms with E-state index in [0.29, 0.717) is 16.7 Å². The van der Waals surface area contributed by atoms with E-state index >= 15 is 0 Å². The van der Waals surface area contributed by atoms with Crippen LogP contribution in [0.25, 0.3) is 6.08 Å². The molecule has 35 heavy (non-hydrogen) atoms. The highest BCUT2D eigenvalue weighted by molar-refractivity contribution is 5.54. The molecule has 1 heteroatoms. The van der Waals surface area contributed by atoms with Crippen LogP contribution in [0.3, 0.4) is 0 Å². The highest BCUT2D eigenvalue weighted by atomic mass is 16.3. The molecule has 4 aliphatic carbocycles. The lowest BCUT2D eigenvalue weighted by Crippen LogP contribution is -2.54. The second-order valence-corrected chi connectivity index (χ2v) is 14.2. The van der Waals surface area contributed by atoms with Gasteiger partial charge in [-0.1, -0.05) is 90.3 Å². The van der Waals surface area contributed by atoms with E-state index in [0.717, 1.165) is 48.3 Å². The molecule has 1 N–H and O–H groups in total. The Kier molecular flexibility index (Phi) is 7.30. The van der Waals surface area contributed by atoms with E-state index < -0.39 is 0 Å². The van der Waals surface area contributed by atoms with Crippen LogP contribution in [-0.2, 0) is 0 Å². The molecule has 0 amide bonds. The fourth-order valence-electron chi connectivity index (χ4n) is 10.1. The first-order valence-electron chi connectivity index (χ1n) is 15.2. The predicted octanol–water partition coefficient (Wildman–Crippen LogP) is 9.16. The van der Waals surface area contributed by atoms with Crippen molar-refractivity contribution in [3.63, 3.8) is 0 Å². The van der Waals surface area contributed by atoms with E-state index in [1.54, 1.807) is 0 Å². The maximum Gasteiger partial charge on any atom is 0.0756 e. The van der Waals surface area contributed by atoms with E-state index in [4.69, 9.17) is 0 Å². The Balaban J connectivity index is 1.33. The van der Waals surface area contributed by atoms with Gasteiger partial charge in [-0.3, -0.25) is 0 Å². The highest BCUT2D eigenvalue weighted by Crippen LogP contribution is 2.68. The van der Waals surface area contributed by atoms with Gasteiger partial charge in [0.2, 0.25) is 0 Å². The Hall–Kier alpha value is -1.08. The Morgan fingerprint density at radius 2 is 1.66 bits per heavy atom. The molecule has 0 radical (unpaired) electrons. The second kappa shape index (κ2) is 10.00. The molecule has 4 fully saturated rings. The van der Waals surface area contributed by atoms with E-state index in [9.17, 15) is 5.11 Å². The molecule has 194 valence electrons. The van der Waals surface area contributed by atoms with Crippen LogP contribution in [0.5, 0.6) is 0 Å². The molecule has 0 unspecified atom stereocenters. The molecule has 4 saturated carbocycles. The van der Waals surface area contributed by atoms with E-state index in [-0.39, 0.29) is 6.10 Å². The zero-order chi connectivity index (χ0) is 24.8. The van der Waals surface area contributed by atoms with Gasteiger partial charge in [0.05, 0.1) is 6.10 Å². The molecule has 0 heterocycles. The van der Waals surface area contributed by atoms with Gasteiger partial charge in [0.15, 0.2) is 0 Å². The smallest absolute Gasteiger partial charge is 0.0756 e. The van der Waals surface area contributed by atoms with Crippen molar-refractivity contribution in [2.75, 3.05) is 0 Å². The molecule has 0 bridgehead atoms. The van der Waals surface area contributed by atoms with Gasteiger partial charge >= 0.3 is 0 Å². The SMILES string of the molecule is CC(C)CCC[C@@H](C)[C@H]1CC[C@H]2[C@@H]3CC[C@H]4C[C@H](O)/C(=C\c5ccccc5)C[C@]4(C)[C@H]3CC[C@]12C. The van der Waals surface area contributed by atoms with Crippen LogP contribution in [0.1, 0.15) is 111 Å². The molecule has 9 atom stereocenters. The van der Waals surface area contributed by atoms with Crippen molar-refractivity contribution >= 4 is 6.08 Å². The fourth-order valence-corrected chi connectivity index (χ4v) is 10.1. The summed E-state index contributed by atoms with van der Waals surface area (Å²) in [5.74, 6) is 6.06. The summed E-state index contributed by atoms with van der Waals surface area (Å²) in [5.41, 5.74) is 3.48. The highest BCUT2D eigenvalue weighted by Gasteiger charge is 2.60. The summed E-state index contributed by atoms with van der Waals surface area (Å²) >= 11 is 0. The predicted molar refractivity (Wildman–Crippen MR) is 149 cm³/mol. The van der Waals surface area contributed by atoms with Crippen LogP contribution < -0.4 is 0 Å². The van der Waals surface area contributed by atoms with Crippen LogP contribution in [0.4, 0.5) is 0 Å². The molecule has 4 aliphatic rings.